The number of hydrogen-bond donors (Lipinski definition) is 5. The summed E-state index contributed by atoms with van der Waals surface area (Å²) in [4.78, 5) is 0. The summed E-state index contributed by atoms with van der Waals surface area (Å²) in [7, 11) is -2.49. The Labute approximate surface area is 789 Å². The zero-order valence-corrected chi connectivity index (χ0v) is 72.6. The SMILES string of the molecule is [2H]C([2H])(CCCC(O)C([2H])([2H])Oc1cccc(C)c1)c1ccc(OC)c(OC)c1.[2H]C([2H])(CCCC(O)C([2H])([2H])Oc1cccc(C)c1)c1ccc(OC)c(OC)c1.[2H]C([2H])([2H])Oc1cc(C([2H])([2H])CCCC(O)C([2H])([2H])Oc2cccc(C)c2)ccc1OC.[2H]C([2H])([2H])Oc1ccc(C([2H])([2H])CCCC(O)C([2H])([2H])Oc2cccc(C)c2)cc1OC.[2H]C([2H])([2H])Oc1ccc(C([2H])([2H])CCCC(O)C([2H])([2H])Oc2cccc(C)c2)cc1OC([2H])([2H])[2H]. The van der Waals surface area contributed by atoms with Gasteiger partial charge in [0.25, 0.3) is 0 Å². The van der Waals surface area contributed by atoms with Crippen LogP contribution >= 0.6 is 0 Å². The fraction of sp³-hybridized carbons (Fsp3) is 0.429. The number of aryl methyl sites for hydroxylation is 10. The van der Waals surface area contributed by atoms with Crippen molar-refractivity contribution < 1.29 is 140 Å². The Morgan fingerprint density at radius 3 is 0.576 bits per heavy atom. The Hall–Kier alpha value is -11.0. The van der Waals surface area contributed by atoms with Crippen LogP contribution in [0, 0.1) is 34.6 Å². The molecule has 0 aliphatic carbocycles. The van der Waals surface area contributed by atoms with Crippen molar-refractivity contribution >= 4 is 0 Å². The summed E-state index contributed by atoms with van der Waals surface area (Å²) in [6.07, 6.45) is -15.4. The molecule has 20 heteroatoms. The molecule has 0 saturated carbocycles. The lowest BCUT2D eigenvalue weighted by atomic mass is 10.0. The van der Waals surface area contributed by atoms with Crippen LogP contribution in [0.4, 0.5) is 0 Å². The molecule has 0 saturated heterocycles. The van der Waals surface area contributed by atoms with Gasteiger partial charge in [-0.3, -0.25) is 0 Å². The van der Waals surface area contributed by atoms with Crippen LogP contribution in [0.2, 0.25) is 0 Å². The number of aliphatic hydroxyl groups excluding tert-OH is 5. The van der Waals surface area contributed by atoms with Crippen molar-refractivity contribution in [2.75, 3.05) is 104 Å². The molecule has 680 valence electrons. The molecule has 20 nitrogen and oxygen atoms in total. The van der Waals surface area contributed by atoms with Crippen molar-refractivity contribution in [3.05, 3.63) is 268 Å². The first-order valence-electron chi connectivity index (χ1n) is 56.4. The van der Waals surface area contributed by atoms with Gasteiger partial charge in [-0.25, -0.2) is 0 Å². The van der Waals surface area contributed by atoms with E-state index in [-0.39, 0.29) is 147 Å². The van der Waals surface area contributed by atoms with E-state index in [0.717, 1.165) is 39.9 Å². The molecular formula is C105H140O20. The standard InChI is InChI=1S/5C21H28O4/c5*1-16-7-6-10-19(13-16)25-15-18(22)9-5-4-8-17-11-12-20(23-2)21(14-17)24-3/h5*6-7,10-14,18,22H,4-5,8-9,15H2,1-3H3/i2D3,3D3,8D2,15D2;3D3,8D2,15D2;2D3,8D2,15D2;2*8D2,15D2. The lowest BCUT2D eigenvalue weighted by Crippen LogP contribution is -2.17. The highest BCUT2D eigenvalue weighted by atomic mass is 16.5. The molecule has 5 atom stereocenters. The quantitative estimate of drug-likeness (QED) is 0.0238. The molecule has 5 N–H and O–H groups in total. The van der Waals surface area contributed by atoms with Crippen LogP contribution in [0.1, 0.15) is 196 Å². The van der Waals surface area contributed by atoms with Gasteiger partial charge in [0.1, 0.15) is 61.5 Å². The number of ether oxygens (including phenoxy) is 15. The van der Waals surface area contributed by atoms with Gasteiger partial charge >= 0.3 is 0 Å². The second-order valence-electron chi connectivity index (χ2n) is 28.0. The Morgan fingerprint density at radius 1 is 0.224 bits per heavy atom. The van der Waals surface area contributed by atoms with E-state index in [4.69, 9.17) is 115 Å². The lowest BCUT2D eigenvalue weighted by Gasteiger charge is -2.13. The fourth-order valence-corrected chi connectivity index (χ4v) is 11.4. The average molecular weight is 1750 g/mol. The van der Waals surface area contributed by atoms with Crippen molar-refractivity contribution in [1.82, 2.24) is 0 Å². The summed E-state index contributed by atoms with van der Waals surface area (Å²) >= 11 is 0. The maximum atomic E-state index is 10.3. The van der Waals surface area contributed by atoms with Gasteiger partial charge < -0.3 is 96.6 Å². The van der Waals surface area contributed by atoms with Gasteiger partial charge in [-0.05, 0) is 308 Å². The van der Waals surface area contributed by atoms with Crippen LogP contribution in [0.15, 0.2) is 212 Å². The molecule has 10 aromatic carbocycles. The first kappa shape index (κ1) is 63.8. The van der Waals surface area contributed by atoms with E-state index in [1.165, 1.54) is 85.1 Å². The van der Waals surface area contributed by atoms with Crippen molar-refractivity contribution in [3.63, 3.8) is 0 Å². The van der Waals surface area contributed by atoms with Crippen LogP contribution < -0.4 is 71.1 Å². The van der Waals surface area contributed by atoms with E-state index in [0.29, 0.717) is 57.1 Å². The Kier molecular flexibility index (Phi) is 30.5. The largest absolute Gasteiger partial charge is 0.493 e. The monoisotopic (exact) mass is 1750 g/mol. The molecule has 0 radical (unpaired) electrons. The molecule has 0 fully saturated rings. The highest BCUT2D eigenvalue weighted by molar-refractivity contribution is 5.47. The van der Waals surface area contributed by atoms with Crippen molar-refractivity contribution in [2.24, 2.45) is 0 Å². The van der Waals surface area contributed by atoms with Gasteiger partial charge in [0.15, 0.2) is 57.5 Å². The summed E-state index contributed by atoms with van der Waals surface area (Å²) in [6, 6.07) is 55.7. The minimum absolute atomic E-state index is 0.00292. The summed E-state index contributed by atoms with van der Waals surface area (Å²) < 4.78 is 327. The van der Waals surface area contributed by atoms with Crippen molar-refractivity contribution in [3.8, 4) is 86.2 Å². The second-order valence-corrected chi connectivity index (χ2v) is 28.0. The van der Waals surface area contributed by atoms with Gasteiger partial charge in [-0.15, -0.1) is 0 Å². The van der Waals surface area contributed by atoms with E-state index >= 15 is 0 Å². The van der Waals surface area contributed by atoms with Gasteiger partial charge in [0.05, 0.1) is 131 Å². The predicted octanol–water partition coefficient (Wildman–Crippen LogP) is 20.8. The fourth-order valence-electron chi connectivity index (χ4n) is 11.4. The van der Waals surface area contributed by atoms with Gasteiger partial charge in [-0.1, -0.05) is 123 Å². The molecule has 0 bridgehead atoms. The van der Waals surface area contributed by atoms with Crippen LogP contribution in [-0.2, 0) is 31.9 Å². The third kappa shape index (κ3) is 41.1. The van der Waals surface area contributed by atoms with Gasteiger partial charge in [-0.2, -0.15) is 0 Å². The molecule has 0 spiro atoms. The van der Waals surface area contributed by atoms with Crippen molar-refractivity contribution in [1.29, 1.82) is 0 Å². The minimum Gasteiger partial charge on any atom is -0.493 e. The molecule has 10 rings (SSSR count). The molecule has 125 heavy (non-hydrogen) atoms. The molecule has 0 aromatic heterocycles. The Morgan fingerprint density at radius 2 is 0.400 bits per heavy atom. The predicted molar refractivity (Wildman–Crippen MR) is 499 cm³/mol. The van der Waals surface area contributed by atoms with Crippen LogP contribution in [-0.4, -0.2) is 160 Å². The molecule has 0 heterocycles. The third-order valence-corrected chi connectivity index (χ3v) is 17.9. The molecule has 0 aliphatic rings. The molecule has 0 amide bonds. The average Bonchev–Trinajstić information content (AvgIpc) is 0.765. The third-order valence-electron chi connectivity index (χ3n) is 17.9. The number of rotatable bonds is 50. The molecular weight excluding hydrogens is 1580 g/mol. The number of aliphatic hydroxyl groups is 5. The highest BCUT2D eigenvalue weighted by Gasteiger charge is 2.15. The van der Waals surface area contributed by atoms with E-state index in [1.54, 1.807) is 127 Å². The topological polar surface area (TPSA) is 240 Å². The minimum atomic E-state index is -2.93. The maximum Gasteiger partial charge on any atom is 0.160 e. The maximum absolute atomic E-state index is 10.3. The summed E-state index contributed by atoms with van der Waals surface area (Å²) in [5.41, 5.74) is 5.81. The van der Waals surface area contributed by atoms with Gasteiger partial charge in [0.2, 0.25) is 0 Å². The van der Waals surface area contributed by atoms with Gasteiger partial charge in [0, 0.05) is 13.7 Å². The van der Waals surface area contributed by atoms with Crippen LogP contribution in [0.25, 0.3) is 0 Å². The Bertz CT molecular complexity index is 5950. The van der Waals surface area contributed by atoms with E-state index in [9.17, 15) is 25.5 Å². The smallest absolute Gasteiger partial charge is 0.160 e. The molecule has 0 aliphatic heterocycles. The summed E-state index contributed by atoms with van der Waals surface area (Å²) in [6.45, 7) is -2.39. The summed E-state index contributed by atoms with van der Waals surface area (Å²) in [5, 5.41) is 51.4. The Balaban J connectivity index is 0.000000299. The van der Waals surface area contributed by atoms with E-state index < -0.39 is 129 Å². The van der Waals surface area contributed by atoms with Crippen molar-refractivity contribution in [2.45, 2.75) is 193 Å². The number of methoxy groups -OCH3 is 10. The van der Waals surface area contributed by atoms with E-state index in [2.05, 4.69) is 0 Å². The lowest BCUT2D eigenvalue weighted by molar-refractivity contribution is 0.0976. The summed E-state index contributed by atoms with van der Waals surface area (Å²) in [5.74, 6) is 2.75. The van der Waals surface area contributed by atoms with E-state index in [1.807, 2.05) is 65.0 Å². The first-order valence-corrected chi connectivity index (χ1v) is 40.4. The van der Waals surface area contributed by atoms with Crippen LogP contribution in [0.3, 0.4) is 0 Å². The number of benzene rings is 10. The zero-order valence-electron chi connectivity index (χ0n) is 105. The highest BCUT2D eigenvalue weighted by Crippen LogP contribution is 2.34. The second kappa shape index (κ2) is 59.8. The first-order chi connectivity index (χ1) is 72.5. The van der Waals surface area contributed by atoms with Crippen LogP contribution in [0.5, 0.6) is 86.2 Å². The normalized spacial score (nSPS) is 17.2. The zero-order chi connectivity index (χ0) is 118. The number of hydrogen-bond acceptors (Lipinski definition) is 20. The molecule has 10 aromatic rings. The molecule has 5 unspecified atom stereocenters.